The lowest BCUT2D eigenvalue weighted by molar-refractivity contribution is -0.156. The monoisotopic (exact) mass is 548 g/mol. The molecule has 4 aromatic rings. The largest absolute Gasteiger partial charge is 0.458 e. The maximum atomic E-state index is 12.6. The van der Waals surface area contributed by atoms with Crippen molar-refractivity contribution < 1.29 is 19.1 Å². The van der Waals surface area contributed by atoms with Gasteiger partial charge in [0, 0.05) is 23.2 Å². The smallest absolute Gasteiger partial charge is 0.407 e. The second-order valence-electron chi connectivity index (χ2n) is 11.4. The summed E-state index contributed by atoms with van der Waals surface area (Å²) in [6, 6.07) is 26.2. The Bertz CT molecular complexity index is 1570. The van der Waals surface area contributed by atoms with Crippen LogP contribution in [0, 0.1) is 0 Å². The van der Waals surface area contributed by atoms with E-state index in [0.29, 0.717) is 0 Å². The Morgan fingerprint density at radius 1 is 0.878 bits per heavy atom. The number of carbonyl (C=O) groups excluding carboxylic acids is 2. The molecule has 1 heterocycles. The molecule has 0 spiro atoms. The van der Waals surface area contributed by atoms with Gasteiger partial charge in [-0.1, -0.05) is 79.7 Å². The molecule has 0 saturated carbocycles. The molecule has 0 bridgehead atoms. The number of nitrogens with one attached hydrogen (secondary N) is 1. The third-order valence-electron chi connectivity index (χ3n) is 7.30. The maximum Gasteiger partial charge on any atom is 0.407 e. The average Bonchev–Trinajstić information content (AvgIpc) is 3.29. The number of rotatable bonds is 7. The quantitative estimate of drug-likeness (QED) is 0.241. The zero-order valence-electron chi connectivity index (χ0n) is 24.2. The summed E-state index contributed by atoms with van der Waals surface area (Å²) < 4.78 is 11.0. The van der Waals surface area contributed by atoms with Crippen LogP contribution >= 0.6 is 0 Å². The third-order valence-corrected chi connectivity index (χ3v) is 7.30. The van der Waals surface area contributed by atoms with Crippen molar-refractivity contribution in [3.63, 3.8) is 0 Å². The zero-order chi connectivity index (χ0) is 29.1. The van der Waals surface area contributed by atoms with Crippen molar-refractivity contribution in [1.29, 1.82) is 0 Å². The number of aromatic nitrogens is 1. The fraction of sp³-hybridized carbons (Fsp3) is 0.286. The number of esters is 1. The summed E-state index contributed by atoms with van der Waals surface area (Å²) in [7, 11) is 0. The summed E-state index contributed by atoms with van der Waals surface area (Å²) in [5.74, 6) is -0.638. The molecule has 2 atom stereocenters. The van der Waals surface area contributed by atoms with Gasteiger partial charge in [0.25, 0.3) is 0 Å². The first-order valence-corrected chi connectivity index (χ1v) is 14.1. The molecule has 1 aliphatic rings. The van der Waals surface area contributed by atoms with Crippen LogP contribution in [0.3, 0.4) is 0 Å². The highest BCUT2D eigenvalue weighted by molar-refractivity contribution is 5.91. The van der Waals surface area contributed by atoms with E-state index in [0.717, 1.165) is 51.1 Å². The summed E-state index contributed by atoms with van der Waals surface area (Å²) in [5.41, 5.74) is 9.30. The van der Waals surface area contributed by atoms with E-state index in [2.05, 4.69) is 66.8 Å². The van der Waals surface area contributed by atoms with E-state index < -0.39 is 23.7 Å². The van der Waals surface area contributed by atoms with E-state index in [1.807, 2.05) is 30.5 Å². The molecule has 0 radical (unpaired) electrons. The van der Waals surface area contributed by atoms with Gasteiger partial charge in [0.05, 0.1) is 5.69 Å². The Kier molecular flexibility index (Phi) is 7.93. The number of nitrogens with zero attached hydrogens (tertiary/aromatic N) is 1. The van der Waals surface area contributed by atoms with Crippen LogP contribution < -0.4 is 5.32 Å². The molecule has 6 heteroatoms. The molecule has 1 amide bonds. The van der Waals surface area contributed by atoms with E-state index in [-0.39, 0.29) is 12.5 Å². The summed E-state index contributed by atoms with van der Waals surface area (Å²) in [4.78, 5) is 29.8. The zero-order valence-corrected chi connectivity index (χ0v) is 24.2. The molecule has 1 N–H and O–H groups in total. The van der Waals surface area contributed by atoms with Gasteiger partial charge in [-0.3, -0.25) is 4.98 Å². The number of hydrogen-bond acceptors (Lipinski definition) is 5. The number of benzene rings is 3. The van der Waals surface area contributed by atoms with Crippen LogP contribution in [-0.4, -0.2) is 35.3 Å². The van der Waals surface area contributed by atoms with E-state index in [9.17, 15) is 9.59 Å². The van der Waals surface area contributed by atoms with Crippen molar-refractivity contribution in [2.75, 3.05) is 6.61 Å². The van der Waals surface area contributed by atoms with Gasteiger partial charge in [0.15, 0.2) is 0 Å². The minimum absolute atomic E-state index is 0.132. The number of fused-ring (bicyclic) bond motifs is 3. The minimum atomic E-state index is -0.823. The lowest BCUT2D eigenvalue weighted by Crippen LogP contribution is -2.42. The number of amides is 1. The highest BCUT2D eigenvalue weighted by atomic mass is 16.6. The van der Waals surface area contributed by atoms with E-state index >= 15 is 0 Å². The molecule has 2 unspecified atom stereocenters. The van der Waals surface area contributed by atoms with Gasteiger partial charge < -0.3 is 14.8 Å². The molecule has 6 nitrogen and oxygen atoms in total. The Labute approximate surface area is 241 Å². The Balaban J connectivity index is 1.38. The average molecular weight is 549 g/mol. The van der Waals surface area contributed by atoms with Gasteiger partial charge in [-0.25, -0.2) is 9.59 Å². The molecule has 0 fully saturated rings. The number of ether oxygens (including phenoxy) is 2. The van der Waals surface area contributed by atoms with E-state index in [1.165, 1.54) is 5.56 Å². The molecule has 0 aliphatic heterocycles. The van der Waals surface area contributed by atoms with Crippen LogP contribution in [0.5, 0.6) is 0 Å². The number of alkyl carbamates (subject to hydrolysis) is 1. The standard InChI is InChI=1S/C35H36N2O4/c1-6-23-12-7-8-13-25(23)31-19-18-24(20-36-31)26-16-11-17-29-30(27-14-9-10-15-28(27)32(26)29)21-40-34(39)37-22(2)33(38)41-35(3,4)5/h7-20,22,30H,6,21H2,1-5H3,(H,37,39). The van der Waals surface area contributed by atoms with Crippen molar-refractivity contribution >= 4 is 12.1 Å². The number of pyridine rings is 1. The first kappa shape index (κ1) is 28.1. The molecule has 0 saturated heterocycles. The summed E-state index contributed by atoms with van der Waals surface area (Å²) >= 11 is 0. The fourth-order valence-corrected chi connectivity index (χ4v) is 5.39. The van der Waals surface area contributed by atoms with Crippen LogP contribution in [0.15, 0.2) is 85.1 Å². The number of aryl methyl sites for hydroxylation is 1. The van der Waals surface area contributed by atoms with Gasteiger partial charge >= 0.3 is 12.1 Å². The van der Waals surface area contributed by atoms with Gasteiger partial charge in [0.2, 0.25) is 0 Å². The van der Waals surface area contributed by atoms with Crippen LogP contribution in [0.2, 0.25) is 0 Å². The van der Waals surface area contributed by atoms with Crippen molar-refractivity contribution in [1.82, 2.24) is 10.3 Å². The van der Waals surface area contributed by atoms with Crippen molar-refractivity contribution in [3.8, 4) is 33.5 Å². The van der Waals surface area contributed by atoms with Crippen molar-refractivity contribution in [2.45, 2.75) is 58.6 Å². The van der Waals surface area contributed by atoms with Crippen molar-refractivity contribution in [3.05, 3.63) is 102 Å². The van der Waals surface area contributed by atoms with Crippen LogP contribution in [-0.2, 0) is 20.7 Å². The summed E-state index contributed by atoms with van der Waals surface area (Å²) in [6.45, 7) is 9.25. The van der Waals surface area contributed by atoms with Crippen molar-refractivity contribution in [2.24, 2.45) is 0 Å². The Hall–Kier alpha value is -4.45. The highest BCUT2D eigenvalue weighted by Gasteiger charge is 2.32. The second kappa shape index (κ2) is 11.6. The molecular formula is C35H36N2O4. The van der Waals surface area contributed by atoms with Crippen LogP contribution in [0.4, 0.5) is 4.79 Å². The van der Waals surface area contributed by atoms with Gasteiger partial charge in [-0.2, -0.15) is 0 Å². The normalized spacial score (nSPS) is 14.5. The minimum Gasteiger partial charge on any atom is -0.458 e. The predicted octanol–water partition coefficient (Wildman–Crippen LogP) is 7.55. The Morgan fingerprint density at radius 3 is 2.27 bits per heavy atom. The molecule has 41 heavy (non-hydrogen) atoms. The van der Waals surface area contributed by atoms with E-state index in [1.54, 1.807) is 27.7 Å². The molecule has 3 aromatic carbocycles. The SMILES string of the molecule is CCc1ccccc1-c1ccc(-c2cccc3c2-c2ccccc2C3COC(=O)NC(C)C(=O)OC(C)(C)C)cn1. The first-order valence-electron chi connectivity index (χ1n) is 14.1. The maximum absolute atomic E-state index is 12.6. The van der Waals surface area contributed by atoms with Gasteiger partial charge in [-0.15, -0.1) is 0 Å². The van der Waals surface area contributed by atoms with Gasteiger partial charge in [-0.05, 0) is 73.6 Å². The van der Waals surface area contributed by atoms with Gasteiger partial charge in [0.1, 0.15) is 18.2 Å². The number of hydrogen-bond donors (Lipinski definition) is 1. The predicted molar refractivity (Wildman–Crippen MR) is 162 cm³/mol. The topological polar surface area (TPSA) is 77.5 Å². The third kappa shape index (κ3) is 6.02. The molecule has 1 aliphatic carbocycles. The molecule has 5 rings (SSSR count). The Morgan fingerprint density at radius 2 is 1.56 bits per heavy atom. The van der Waals surface area contributed by atoms with Crippen LogP contribution in [0.1, 0.15) is 57.2 Å². The molecular weight excluding hydrogens is 512 g/mol. The lowest BCUT2D eigenvalue weighted by Gasteiger charge is -2.22. The number of carbonyl (C=O) groups is 2. The summed E-state index contributed by atoms with van der Waals surface area (Å²) in [5, 5.41) is 2.59. The molecule has 1 aromatic heterocycles. The van der Waals surface area contributed by atoms with Crippen LogP contribution in [0.25, 0.3) is 33.5 Å². The second-order valence-corrected chi connectivity index (χ2v) is 11.4. The fourth-order valence-electron chi connectivity index (χ4n) is 5.39. The lowest BCUT2D eigenvalue weighted by atomic mass is 9.93. The summed E-state index contributed by atoms with van der Waals surface area (Å²) in [6.07, 6.45) is 2.23. The first-order chi connectivity index (χ1) is 19.7. The molecule has 210 valence electrons. The highest BCUT2D eigenvalue weighted by Crippen LogP contribution is 2.49. The van der Waals surface area contributed by atoms with E-state index in [4.69, 9.17) is 14.5 Å².